The summed E-state index contributed by atoms with van der Waals surface area (Å²) in [6, 6.07) is -0.987. The third-order valence-corrected chi connectivity index (χ3v) is 1.47. The number of nitrogen functional groups attached to an aromatic ring is 1. The van der Waals surface area contributed by atoms with Gasteiger partial charge in [0, 0.05) is 12.4 Å². The standard InChI is InChI=1S/C7H10F2N4/c1-4(5(8)9)13-7-6(10)11-2-3-12-7/h2-5H,1H3,(H2,10,11)(H,12,13). The molecule has 1 unspecified atom stereocenters. The molecule has 0 aliphatic rings. The molecule has 1 rings (SSSR count). The van der Waals surface area contributed by atoms with Gasteiger partial charge in [0.05, 0.1) is 6.04 Å². The Hall–Kier alpha value is -1.46. The van der Waals surface area contributed by atoms with Crippen molar-refractivity contribution in [3.8, 4) is 0 Å². The molecular weight excluding hydrogens is 178 g/mol. The zero-order chi connectivity index (χ0) is 9.84. The van der Waals surface area contributed by atoms with Crippen molar-refractivity contribution in [3.05, 3.63) is 12.4 Å². The summed E-state index contributed by atoms with van der Waals surface area (Å²) < 4.78 is 24.2. The Bertz CT molecular complexity index is 279. The molecule has 3 N–H and O–H groups in total. The lowest BCUT2D eigenvalue weighted by Crippen LogP contribution is -2.25. The van der Waals surface area contributed by atoms with Crippen LogP contribution in [0.4, 0.5) is 20.4 Å². The summed E-state index contributed by atoms with van der Waals surface area (Å²) in [5.74, 6) is 0.310. The minimum absolute atomic E-state index is 0.120. The lowest BCUT2D eigenvalue weighted by Gasteiger charge is -2.13. The molecular formula is C7H10F2N4. The highest BCUT2D eigenvalue weighted by Crippen LogP contribution is 2.13. The molecule has 0 saturated heterocycles. The number of rotatable bonds is 3. The van der Waals surface area contributed by atoms with Crippen LogP contribution < -0.4 is 11.1 Å². The first-order valence-corrected chi connectivity index (χ1v) is 3.72. The van der Waals surface area contributed by atoms with Crippen LogP contribution in [-0.2, 0) is 0 Å². The van der Waals surface area contributed by atoms with Crippen LogP contribution in [0.5, 0.6) is 0 Å². The van der Waals surface area contributed by atoms with Crippen molar-refractivity contribution in [2.75, 3.05) is 11.1 Å². The first-order chi connectivity index (χ1) is 6.11. The number of halogens is 2. The molecule has 0 aliphatic carbocycles. The summed E-state index contributed by atoms with van der Waals surface area (Å²) in [5, 5.41) is 2.46. The Labute approximate surface area is 74.2 Å². The second-order valence-electron chi connectivity index (χ2n) is 2.56. The molecule has 13 heavy (non-hydrogen) atoms. The zero-order valence-corrected chi connectivity index (χ0v) is 7.04. The SMILES string of the molecule is CC(Nc1nccnc1N)C(F)F. The van der Waals surface area contributed by atoms with Crippen LogP contribution in [0.2, 0.25) is 0 Å². The summed E-state index contributed by atoms with van der Waals surface area (Å²) in [6.45, 7) is 1.35. The normalized spacial score (nSPS) is 12.9. The lowest BCUT2D eigenvalue weighted by molar-refractivity contribution is 0.130. The van der Waals surface area contributed by atoms with Gasteiger partial charge in [-0.3, -0.25) is 0 Å². The van der Waals surface area contributed by atoms with Crippen LogP contribution >= 0.6 is 0 Å². The van der Waals surface area contributed by atoms with Gasteiger partial charge in [0.1, 0.15) is 0 Å². The van der Waals surface area contributed by atoms with E-state index < -0.39 is 12.5 Å². The second kappa shape index (κ2) is 3.97. The molecule has 0 radical (unpaired) electrons. The minimum Gasteiger partial charge on any atom is -0.381 e. The number of aromatic nitrogens is 2. The highest BCUT2D eigenvalue weighted by molar-refractivity contribution is 5.55. The maximum atomic E-state index is 12.1. The summed E-state index contributed by atoms with van der Waals surface area (Å²) in [4.78, 5) is 7.47. The fourth-order valence-corrected chi connectivity index (χ4v) is 0.739. The molecule has 0 aromatic carbocycles. The summed E-state index contributed by atoms with van der Waals surface area (Å²) in [6.07, 6.45) is 0.325. The first kappa shape index (κ1) is 9.63. The predicted octanol–water partition coefficient (Wildman–Crippen LogP) is 1.12. The van der Waals surface area contributed by atoms with E-state index in [1.54, 1.807) is 0 Å². The van der Waals surface area contributed by atoms with Crippen LogP contribution in [-0.4, -0.2) is 22.4 Å². The van der Waals surface area contributed by atoms with Crippen molar-refractivity contribution < 1.29 is 8.78 Å². The minimum atomic E-state index is -2.46. The summed E-state index contributed by atoms with van der Waals surface area (Å²) in [5.41, 5.74) is 5.39. The van der Waals surface area contributed by atoms with Gasteiger partial charge in [-0.2, -0.15) is 0 Å². The molecule has 72 valence electrons. The van der Waals surface area contributed by atoms with Crippen LogP contribution in [0.25, 0.3) is 0 Å². The zero-order valence-electron chi connectivity index (χ0n) is 7.04. The van der Waals surface area contributed by atoms with Gasteiger partial charge < -0.3 is 11.1 Å². The number of hydrogen-bond donors (Lipinski definition) is 2. The van der Waals surface area contributed by atoms with Crippen LogP contribution in [0.1, 0.15) is 6.92 Å². The van der Waals surface area contributed by atoms with Crippen LogP contribution in [0.3, 0.4) is 0 Å². The molecule has 0 saturated carbocycles. The molecule has 1 aromatic heterocycles. The summed E-state index contributed by atoms with van der Waals surface area (Å²) in [7, 11) is 0. The van der Waals surface area contributed by atoms with Crippen molar-refractivity contribution in [1.29, 1.82) is 0 Å². The maximum absolute atomic E-state index is 12.1. The monoisotopic (exact) mass is 188 g/mol. The number of hydrogen-bond acceptors (Lipinski definition) is 4. The number of nitrogens with one attached hydrogen (secondary N) is 1. The van der Waals surface area contributed by atoms with Gasteiger partial charge in [0.2, 0.25) is 0 Å². The molecule has 0 bridgehead atoms. The Balaban J connectivity index is 2.69. The van der Waals surface area contributed by atoms with Crippen molar-refractivity contribution in [1.82, 2.24) is 9.97 Å². The van der Waals surface area contributed by atoms with Crippen LogP contribution in [0.15, 0.2) is 12.4 Å². The maximum Gasteiger partial charge on any atom is 0.258 e. The number of alkyl halides is 2. The highest BCUT2D eigenvalue weighted by Gasteiger charge is 2.15. The second-order valence-corrected chi connectivity index (χ2v) is 2.56. The van der Waals surface area contributed by atoms with E-state index in [4.69, 9.17) is 5.73 Å². The van der Waals surface area contributed by atoms with Crippen molar-refractivity contribution in [3.63, 3.8) is 0 Å². The predicted molar refractivity (Wildman–Crippen MR) is 45.5 cm³/mol. The Kier molecular flexibility index (Phi) is 2.94. The van der Waals surface area contributed by atoms with Gasteiger partial charge >= 0.3 is 0 Å². The van der Waals surface area contributed by atoms with Gasteiger partial charge in [-0.25, -0.2) is 18.7 Å². The van der Waals surface area contributed by atoms with Gasteiger partial charge in [0.15, 0.2) is 11.6 Å². The smallest absolute Gasteiger partial charge is 0.258 e. The number of nitrogens with two attached hydrogens (primary N) is 1. The number of nitrogens with zero attached hydrogens (tertiary/aromatic N) is 2. The highest BCUT2D eigenvalue weighted by atomic mass is 19.3. The van der Waals surface area contributed by atoms with Crippen molar-refractivity contribution in [2.24, 2.45) is 0 Å². The van der Waals surface area contributed by atoms with E-state index >= 15 is 0 Å². The van der Waals surface area contributed by atoms with Crippen molar-refractivity contribution in [2.45, 2.75) is 19.4 Å². The molecule has 0 aliphatic heterocycles. The Morgan fingerprint density at radius 2 is 2.00 bits per heavy atom. The summed E-state index contributed by atoms with van der Waals surface area (Å²) >= 11 is 0. The molecule has 6 heteroatoms. The van der Waals surface area contributed by atoms with E-state index in [0.717, 1.165) is 0 Å². The van der Waals surface area contributed by atoms with E-state index in [-0.39, 0.29) is 11.6 Å². The van der Waals surface area contributed by atoms with Gasteiger partial charge in [0.25, 0.3) is 6.43 Å². The van der Waals surface area contributed by atoms with Crippen molar-refractivity contribution >= 4 is 11.6 Å². The van der Waals surface area contributed by atoms with E-state index in [2.05, 4.69) is 15.3 Å². The van der Waals surface area contributed by atoms with Gasteiger partial charge in [-0.1, -0.05) is 0 Å². The van der Waals surface area contributed by atoms with Gasteiger partial charge in [-0.15, -0.1) is 0 Å². The van der Waals surface area contributed by atoms with E-state index in [1.807, 2.05) is 0 Å². The topological polar surface area (TPSA) is 63.8 Å². The lowest BCUT2D eigenvalue weighted by atomic mass is 10.3. The Morgan fingerprint density at radius 3 is 2.54 bits per heavy atom. The molecule has 0 spiro atoms. The molecule has 1 atom stereocenters. The fraction of sp³-hybridized carbons (Fsp3) is 0.429. The molecule has 0 fully saturated rings. The van der Waals surface area contributed by atoms with Gasteiger partial charge in [-0.05, 0) is 6.92 Å². The molecule has 0 amide bonds. The average molecular weight is 188 g/mol. The molecule has 1 aromatic rings. The fourth-order valence-electron chi connectivity index (χ4n) is 0.739. The molecule has 1 heterocycles. The first-order valence-electron chi connectivity index (χ1n) is 3.72. The largest absolute Gasteiger partial charge is 0.381 e. The third-order valence-electron chi connectivity index (χ3n) is 1.47. The molecule has 4 nitrogen and oxygen atoms in total. The van der Waals surface area contributed by atoms with E-state index in [9.17, 15) is 8.78 Å². The third kappa shape index (κ3) is 2.50. The van der Waals surface area contributed by atoms with E-state index in [1.165, 1.54) is 19.3 Å². The van der Waals surface area contributed by atoms with Crippen LogP contribution in [0, 0.1) is 0 Å². The average Bonchev–Trinajstić information content (AvgIpc) is 2.08. The number of anilines is 2. The van der Waals surface area contributed by atoms with E-state index in [0.29, 0.717) is 0 Å². The Morgan fingerprint density at radius 1 is 1.38 bits per heavy atom. The quantitative estimate of drug-likeness (QED) is 0.746.